The minimum absolute atomic E-state index is 0.262. The van der Waals surface area contributed by atoms with Crippen LogP contribution in [0.3, 0.4) is 0 Å². The van der Waals surface area contributed by atoms with Crippen molar-refractivity contribution in [2.24, 2.45) is 11.8 Å². The third kappa shape index (κ3) is 2.84. The van der Waals surface area contributed by atoms with Crippen molar-refractivity contribution in [1.29, 1.82) is 0 Å². The fraction of sp³-hybridized carbons (Fsp3) is 0.875. The first-order valence-electron chi connectivity index (χ1n) is 8.33. The molecule has 2 saturated carbocycles. The fourth-order valence-corrected chi connectivity index (χ4v) is 3.67. The highest BCUT2D eigenvalue weighted by molar-refractivity contribution is 5.81. The lowest BCUT2D eigenvalue weighted by Crippen LogP contribution is -2.53. The van der Waals surface area contributed by atoms with Crippen molar-refractivity contribution >= 4 is 11.8 Å². The Bertz CT molecular complexity index is 365. The van der Waals surface area contributed by atoms with Crippen molar-refractivity contribution in [3.8, 4) is 0 Å². The lowest BCUT2D eigenvalue weighted by molar-refractivity contribution is -0.146. The lowest BCUT2D eigenvalue weighted by atomic mass is 9.84. The maximum Gasteiger partial charge on any atom is 0.225 e. The van der Waals surface area contributed by atoms with Crippen LogP contribution < -0.4 is 0 Å². The molecule has 4 nitrogen and oxygen atoms in total. The number of nitrogens with zero attached hydrogens (tertiary/aromatic N) is 2. The zero-order chi connectivity index (χ0) is 13.9. The van der Waals surface area contributed by atoms with Gasteiger partial charge in [-0.1, -0.05) is 25.7 Å². The molecule has 0 unspecified atom stereocenters. The maximum atomic E-state index is 12.5. The standard InChI is InChI=1S/C16H26N2O2/c19-15(13-5-2-1-3-6-13)17-9-11-18(12-10-17)16(20)14-7-4-8-14/h13-14H,1-12H2. The Kier molecular flexibility index (Phi) is 4.27. The van der Waals surface area contributed by atoms with Crippen LogP contribution >= 0.6 is 0 Å². The summed E-state index contributed by atoms with van der Waals surface area (Å²) in [5.74, 6) is 1.23. The van der Waals surface area contributed by atoms with E-state index >= 15 is 0 Å². The van der Waals surface area contributed by atoms with Gasteiger partial charge in [-0.15, -0.1) is 0 Å². The average Bonchev–Trinajstić information content (AvgIpc) is 2.46. The summed E-state index contributed by atoms with van der Waals surface area (Å²) in [6, 6.07) is 0. The highest BCUT2D eigenvalue weighted by Gasteiger charge is 2.33. The van der Waals surface area contributed by atoms with E-state index in [1.165, 1.54) is 25.7 Å². The molecule has 0 N–H and O–H groups in total. The molecule has 1 saturated heterocycles. The summed E-state index contributed by atoms with van der Waals surface area (Å²) in [7, 11) is 0. The fourth-order valence-electron chi connectivity index (χ4n) is 3.67. The second-order valence-corrected chi connectivity index (χ2v) is 6.61. The van der Waals surface area contributed by atoms with Crippen LogP contribution in [0, 0.1) is 11.8 Å². The molecule has 0 spiro atoms. The third-order valence-electron chi connectivity index (χ3n) is 5.31. The summed E-state index contributed by atoms with van der Waals surface area (Å²) in [5, 5.41) is 0. The van der Waals surface area contributed by atoms with Crippen LogP contribution in [0.2, 0.25) is 0 Å². The van der Waals surface area contributed by atoms with Gasteiger partial charge in [0.05, 0.1) is 0 Å². The molecule has 2 amide bonds. The third-order valence-corrected chi connectivity index (χ3v) is 5.31. The molecule has 0 aromatic carbocycles. The molecule has 0 radical (unpaired) electrons. The van der Waals surface area contributed by atoms with Gasteiger partial charge in [0, 0.05) is 38.0 Å². The number of hydrogen-bond acceptors (Lipinski definition) is 2. The van der Waals surface area contributed by atoms with E-state index in [0.29, 0.717) is 11.8 Å². The zero-order valence-corrected chi connectivity index (χ0v) is 12.4. The van der Waals surface area contributed by atoms with Crippen molar-refractivity contribution in [3.05, 3.63) is 0 Å². The Morgan fingerprint density at radius 1 is 0.600 bits per heavy atom. The smallest absolute Gasteiger partial charge is 0.225 e. The summed E-state index contributed by atoms with van der Waals surface area (Å²) >= 11 is 0. The first-order valence-corrected chi connectivity index (χ1v) is 8.33. The Hall–Kier alpha value is -1.06. The van der Waals surface area contributed by atoms with Crippen LogP contribution in [0.15, 0.2) is 0 Å². The molecule has 4 heteroatoms. The second kappa shape index (κ2) is 6.15. The molecule has 3 rings (SSSR count). The van der Waals surface area contributed by atoms with Crippen LogP contribution in [-0.2, 0) is 9.59 Å². The largest absolute Gasteiger partial charge is 0.339 e. The number of piperazine rings is 1. The van der Waals surface area contributed by atoms with E-state index in [1.54, 1.807) is 0 Å². The van der Waals surface area contributed by atoms with Crippen LogP contribution in [0.1, 0.15) is 51.4 Å². The highest BCUT2D eigenvalue weighted by atomic mass is 16.2. The molecule has 20 heavy (non-hydrogen) atoms. The van der Waals surface area contributed by atoms with Gasteiger partial charge in [-0.2, -0.15) is 0 Å². The van der Waals surface area contributed by atoms with Gasteiger partial charge in [0.1, 0.15) is 0 Å². The number of hydrogen-bond donors (Lipinski definition) is 0. The van der Waals surface area contributed by atoms with Crippen LogP contribution in [0.4, 0.5) is 0 Å². The van der Waals surface area contributed by atoms with Gasteiger partial charge in [0.25, 0.3) is 0 Å². The number of carbonyl (C=O) groups is 2. The second-order valence-electron chi connectivity index (χ2n) is 6.61. The quantitative estimate of drug-likeness (QED) is 0.775. The highest BCUT2D eigenvalue weighted by Crippen LogP contribution is 2.29. The zero-order valence-electron chi connectivity index (χ0n) is 12.4. The van der Waals surface area contributed by atoms with Crippen molar-refractivity contribution in [2.75, 3.05) is 26.2 Å². The van der Waals surface area contributed by atoms with Crippen LogP contribution in [0.25, 0.3) is 0 Å². The van der Waals surface area contributed by atoms with Gasteiger partial charge in [-0.3, -0.25) is 9.59 Å². The van der Waals surface area contributed by atoms with Crippen molar-refractivity contribution in [2.45, 2.75) is 51.4 Å². The normalized spacial score (nSPS) is 25.4. The Morgan fingerprint density at radius 3 is 1.35 bits per heavy atom. The first kappa shape index (κ1) is 13.9. The predicted octanol–water partition coefficient (Wildman–Crippen LogP) is 2.04. The average molecular weight is 278 g/mol. The molecular formula is C16H26N2O2. The molecule has 3 aliphatic rings. The van der Waals surface area contributed by atoms with Crippen molar-refractivity contribution in [1.82, 2.24) is 9.80 Å². The SMILES string of the molecule is O=C(C1CCCCC1)N1CCN(C(=O)C2CCC2)CC1. The Balaban J connectivity index is 1.47. The molecule has 0 aromatic heterocycles. The van der Waals surface area contributed by atoms with Gasteiger partial charge in [0.15, 0.2) is 0 Å². The summed E-state index contributed by atoms with van der Waals surface area (Å²) in [6.07, 6.45) is 9.18. The molecule has 3 fully saturated rings. The number of carbonyl (C=O) groups excluding carboxylic acids is 2. The van der Waals surface area contributed by atoms with Gasteiger partial charge < -0.3 is 9.80 Å². The van der Waals surface area contributed by atoms with Gasteiger partial charge in [-0.25, -0.2) is 0 Å². The summed E-state index contributed by atoms with van der Waals surface area (Å²) in [4.78, 5) is 28.6. The summed E-state index contributed by atoms with van der Waals surface area (Å²) < 4.78 is 0. The Labute approximate surface area is 121 Å². The lowest BCUT2D eigenvalue weighted by Gasteiger charge is -2.39. The van der Waals surface area contributed by atoms with E-state index in [0.717, 1.165) is 51.9 Å². The van der Waals surface area contributed by atoms with E-state index in [1.807, 2.05) is 9.80 Å². The number of rotatable bonds is 2. The molecule has 112 valence electrons. The predicted molar refractivity (Wildman–Crippen MR) is 77.1 cm³/mol. The topological polar surface area (TPSA) is 40.6 Å². The number of amides is 2. The molecular weight excluding hydrogens is 252 g/mol. The van der Waals surface area contributed by atoms with E-state index in [2.05, 4.69) is 0 Å². The van der Waals surface area contributed by atoms with Gasteiger partial charge in [0.2, 0.25) is 11.8 Å². The first-order chi connectivity index (χ1) is 9.75. The van der Waals surface area contributed by atoms with E-state index in [9.17, 15) is 9.59 Å². The van der Waals surface area contributed by atoms with Gasteiger partial charge >= 0.3 is 0 Å². The van der Waals surface area contributed by atoms with Crippen molar-refractivity contribution in [3.63, 3.8) is 0 Å². The monoisotopic (exact) mass is 278 g/mol. The van der Waals surface area contributed by atoms with Gasteiger partial charge in [-0.05, 0) is 25.7 Å². The molecule has 2 aliphatic carbocycles. The minimum Gasteiger partial charge on any atom is -0.339 e. The maximum absolute atomic E-state index is 12.5. The molecule has 0 bridgehead atoms. The van der Waals surface area contributed by atoms with E-state index in [-0.39, 0.29) is 11.8 Å². The summed E-state index contributed by atoms with van der Waals surface area (Å²) in [5.41, 5.74) is 0. The van der Waals surface area contributed by atoms with Crippen molar-refractivity contribution < 1.29 is 9.59 Å². The molecule has 0 aromatic rings. The molecule has 0 atom stereocenters. The van der Waals surface area contributed by atoms with E-state index < -0.39 is 0 Å². The van der Waals surface area contributed by atoms with Crippen LogP contribution in [-0.4, -0.2) is 47.8 Å². The summed E-state index contributed by atoms with van der Waals surface area (Å²) in [6.45, 7) is 2.98. The minimum atomic E-state index is 0.262. The molecule has 1 heterocycles. The van der Waals surface area contributed by atoms with Crippen LogP contribution in [0.5, 0.6) is 0 Å². The Morgan fingerprint density at radius 2 is 1.00 bits per heavy atom. The van der Waals surface area contributed by atoms with E-state index in [4.69, 9.17) is 0 Å². The molecule has 1 aliphatic heterocycles.